The smallest absolute Gasteiger partial charge is 0.299 e. The van der Waals surface area contributed by atoms with Crippen LogP contribution in [0.5, 0.6) is 0 Å². The van der Waals surface area contributed by atoms with E-state index in [0.717, 1.165) is 22.4 Å². The molecule has 1 amide bonds. The van der Waals surface area contributed by atoms with Gasteiger partial charge in [-0.2, -0.15) is 0 Å². The van der Waals surface area contributed by atoms with Gasteiger partial charge in [-0.05, 0) is 49.6 Å². The predicted molar refractivity (Wildman–Crippen MR) is 80.4 cm³/mol. The number of aromatic nitrogens is 1. The van der Waals surface area contributed by atoms with Crippen molar-refractivity contribution in [2.75, 3.05) is 4.90 Å². The zero-order valence-corrected chi connectivity index (χ0v) is 12.3. The molecule has 0 bridgehead atoms. The zero-order valence-electron chi connectivity index (χ0n) is 12.3. The first-order valence-corrected chi connectivity index (χ1v) is 6.87. The Hall–Kier alpha value is -2.49. The lowest BCUT2D eigenvalue weighted by molar-refractivity contribution is -0.114. The van der Waals surface area contributed by atoms with E-state index in [9.17, 15) is 9.59 Å². The summed E-state index contributed by atoms with van der Waals surface area (Å²) >= 11 is 0. The van der Waals surface area contributed by atoms with Gasteiger partial charge >= 0.3 is 0 Å². The van der Waals surface area contributed by atoms with E-state index < -0.39 is 11.7 Å². The Morgan fingerprint density at radius 2 is 1.86 bits per heavy atom. The number of ketones is 1. The molecular formula is C17H16N2O2. The van der Waals surface area contributed by atoms with Gasteiger partial charge in [0.25, 0.3) is 11.7 Å². The van der Waals surface area contributed by atoms with Gasteiger partial charge in [-0.15, -0.1) is 0 Å². The molecule has 21 heavy (non-hydrogen) atoms. The molecule has 1 aliphatic heterocycles. The summed E-state index contributed by atoms with van der Waals surface area (Å²) in [5, 5.41) is 0. The molecule has 1 aromatic heterocycles. The average Bonchev–Trinajstić information content (AvgIpc) is 2.66. The Kier molecular flexibility index (Phi) is 3.09. The van der Waals surface area contributed by atoms with Gasteiger partial charge in [0.1, 0.15) is 0 Å². The van der Waals surface area contributed by atoms with Crippen molar-refractivity contribution in [1.29, 1.82) is 0 Å². The molecule has 1 aromatic carbocycles. The molecule has 0 radical (unpaired) electrons. The molecule has 2 heterocycles. The maximum atomic E-state index is 12.3. The minimum Gasteiger partial charge on any atom is -0.299 e. The van der Waals surface area contributed by atoms with Crippen molar-refractivity contribution < 1.29 is 9.59 Å². The van der Waals surface area contributed by atoms with Crippen molar-refractivity contribution in [2.24, 2.45) is 0 Å². The standard InChI is InChI=1S/C17H16N2O2/c1-10-7-12(3)15-14(8-10)19(17(21)16(15)20)9-13-11(2)5-4-6-18-13/h4-8H,9H2,1-3H3. The number of amides is 1. The Labute approximate surface area is 123 Å². The van der Waals surface area contributed by atoms with Gasteiger partial charge in [0.15, 0.2) is 0 Å². The highest BCUT2D eigenvalue weighted by Crippen LogP contribution is 2.33. The van der Waals surface area contributed by atoms with Crippen LogP contribution in [0.2, 0.25) is 0 Å². The van der Waals surface area contributed by atoms with Crippen molar-refractivity contribution in [3.05, 3.63) is 58.4 Å². The van der Waals surface area contributed by atoms with Crippen LogP contribution in [0.1, 0.15) is 32.7 Å². The Balaban J connectivity index is 2.08. The van der Waals surface area contributed by atoms with Crippen molar-refractivity contribution in [3.8, 4) is 0 Å². The molecule has 3 rings (SSSR count). The molecule has 4 heteroatoms. The summed E-state index contributed by atoms with van der Waals surface area (Å²) in [6.45, 7) is 6.11. The third kappa shape index (κ3) is 2.13. The topological polar surface area (TPSA) is 50.3 Å². The lowest BCUT2D eigenvalue weighted by atomic mass is 10.0. The van der Waals surface area contributed by atoms with E-state index in [4.69, 9.17) is 0 Å². The van der Waals surface area contributed by atoms with Crippen molar-refractivity contribution in [1.82, 2.24) is 4.98 Å². The summed E-state index contributed by atoms with van der Waals surface area (Å²) in [6.07, 6.45) is 1.70. The van der Waals surface area contributed by atoms with Crippen LogP contribution in [0.25, 0.3) is 0 Å². The summed E-state index contributed by atoms with van der Waals surface area (Å²) in [7, 11) is 0. The molecule has 0 N–H and O–H groups in total. The molecule has 4 nitrogen and oxygen atoms in total. The molecule has 0 fully saturated rings. The molecule has 0 saturated heterocycles. The second-order valence-electron chi connectivity index (χ2n) is 5.46. The second-order valence-corrected chi connectivity index (χ2v) is 5.46. The number of benzene rings is 1. The highest BCUT2D eigenvalue weighted by Gasteiger charge is 2.37. The van der Waals surface area contributed by atoms with Gasteiger partial charge in [-0.3, -0.25) is 19.5 Å². The van der Waals surface area contributed by atoms with Crippen LogP contribution in [0, 0.1) is 20.8 Å². The fraction of sp³-hybridized carbons (Fsp3) is 0.235. The van der Waals surface area contributed by atoms with Crippen molar-refractivity contribution >= 4 is 17.4 Å². The van der Waals surface area contributed by atoms with Gasteiger partial charge in [0.2, 0.25) is 0 Å². The maximum Gasteiger partial charge on any atom is 0.299 e. The molecular weight excluding hydrogens is 264 g/mol. The lowest BCUT2D eigenvalue weighted by Gasteiger charge is -2.18. The normalized spacial score (nSPS) is 13.8. The summed E-state index contributed by atoms with van der Waals surface area (Å²) in [4.78, 5) is 30.3. The monoisotopic (exact) mass is 280 g/mol. The maximum absolute atomic E-state index is 12.3. The Morgan fingerprint density at radius 1 is 1.10 bits per heavy atom. The first-order valence-electron chi connectivity index (χ1n) is 6.87. The first kappa shape index (κ1) is 13.5. The number of carbonyl (C=O) groups is 2. The number of Topliss-reactive ketones (excluding diaryl/α,β-unsaturated/α-hetero) is 1. The summed E-state index contributed by atoms with van der Waals surface area (Å²) in [5.74, 6) is -0.889. The Bertz CT molecular complexity index is 765. The van der Waals surface area contributed by atoms with E-state index in [1.165, 1.54) is 4.90 Å². The summed E-state index contributed by atoms with van der Waals surface area (Å²) in [6, 6.07) is 7.63. The molecule has 0 saturated carbocycles. The Morgan fingerprint density at radius 3 is 2.57 bits per heavy atom. The fourth-order valence-corrected chi connectivity index (χ4v) is 2.78. The third-order valence-corrected chi connectivity index (χ3v) is 3.84. The van der Waals surface area contributed by atoms with Gasteiger partial charge < -0.3 is 0 Å². The zero-order chi connectivity index (χ0) is 15.1. The highest BCUT2D eigenvalue weighted by molar-refractivity contribution is 6.52. The van der Waals surface area contributed by atoms with Crippen molar-refractivity contribution in [3.63, 3.8) is 0 Å². The molecule has 0 unspecified atom stereocenters. The second kappa shape index (κ2) is 4.81. The van der Waals surface area contributed by atoms with Crippen LogP contribution < -0.4 is 4.90 Å². The molecule has 0 spiro atoms. The van der Waals surface area contributed by atoms with E-state index in [1.54, 1.807) is 6.20 Å². The third-order valence-electron chi connectivity index (χ3n) is 3.84. The number of pyridine rings is 1. The molecule has 1 aliphatic rings. The largest absolute Gasteiger partial charge is 0.299 e. The number of carbonyl (C=O) groups excluding carboxylic acids is 2. The van der Waals surface area contributed by atoms with Crippen LogP contribution in [0.3, 0.4) is 0 Å². The minimum absolute atomic E-state index is 0.327. The van der Waals surface area contributed by atoms with E-state index in [1.807, 2.05) is 45.0 Å². The molecule has 0 aliphatic carbocycles. The minimum atomic E-state index is -0.469. The van der Waals surface area contributed by atoms with Gasteiger partial charge in [0, 0.05) is 6.20 Å². The average molecular weight is 280 g/mol. The van der Waals surface area contributed by atoms with Crippen LogP contribution in [-0.2, 0) is 11.3 Å². The van der Waals surface area contributed by atoms with Crippen LogP contribution in [0.4, 0.5) is 5.69 Å². The molecule has 106 valence electrons. The van der Waals surface area contributed by atoms with E-state index in [0.29, 0.717) is 17.8 Å². The first-order chi connectivity index (χ1) is 9.99. The van der Waals surface area contributed by atoms with Gasteiger partial charge in [-0.25, -0.2) is 0 Å². The number of nitrogens with zero attached hydrogens (tertiary/aromatic N) is 2. The number of hydrogen-bond donors (Lipinski definition) is 0. The van der Waals surface area contributed by atoms with Crippen LogP contribution in [0.15, 0.2) is 30.5 Å². The summed E-state index contributed by atoms with van der Waals surface area (Å²) in [5.41, 5.74) is 4.94. The number of fused-ring (bicyclic) bond motifs is 1. The SMILES string of the molecule is Cc1cc(C)c2c(c1)N(Cc1ncccc1C)C(=O)C2=O. The van der Waals surface area contributed by atoms with Crippen molar-refractivity contribution in [2.45, 2.75) is 27.3 Å². The van der Waals surface area contributed by atoms with Gasteiger partial charge in [-0.1, -0.05) is 12.1 Å². The predicted octanol–water partition coefficient (Wildman–Crippen LogP) is 2.74. The van der Waals surface area contributed by atoms with E-state index >= 15 is 0 Å². The van der Waals surface area contributed by atoms with E-state index in [2.05, 4.69) is 4.98 Å². The lowest BCUT2D eigenvalue weighted by Crippen LogP contribution is -2.29. The summed E-state index contributed by atoms with van der Waals surface area (Å²) < 4.78 is 0. The van der Waals surface area contributed by atoms with Crippen LogP contribution in [-0.4, -0.2) is 16.7 Å². The number of rotatable bonds is 2. The molecule has 0 atom stereocenters. The van der Waals surface area contributed by atoms with E-state index in [-0.39, 0.29) is 0 Å². The number of hydrogen-bond acceptors (Lipinski definition) is 3. The fourth-order valence-electron chi connectivity index (χ4n) is 2.78. The van der Waals surface area contributed by atoms with Crippen LogP contribution >= 0.6 is 0 Å². The molecule has 2 aromatic rings. The van der Waals surface area contributed by atoms with Gasteiger partial charge in [0.05, 0.1) is 23.5 Å². The quantitative estimate of drug-likeness (QED) is 0.795. The number of aryl methyl sites for hydroxylation is 3. The highest BCUT2D eigenvalue weighted by atomic mass is 16.2. The number of anilines is 1.